The number of nitrogens with zero attached hydrogens (tertiary/aromatic N) is 1. The molecule has 24 heavy (non-hydrogen) atoms. The van der Waals surface area contributed by atoms with Gasteiger partial charge in [0.2, 0.25) is 10.0 Å². The standard InChI is InChI=1S/C16H19N3O4S/c20-16(21)12-6-11(13-9-17-18-10-13)7-15(8-12)24(22,23)19-14-4-2-1-3-5-14/h6-10,14,19H,1-5H2,(H,17,18)(H,20,21). The number of rotatable bonds is 5. The fourth-order valence-corrected chi connectivity index (χ4v) is 4.34. The highest BCUT2D eigenvalue weighted by atomic mass is 32.2. The summed E-state index contributed by atoms with van der Waals surface area (Å²) >= 11 is 0. The molecule has 0 atom stereocenters. The third-order valence-corrected chi connectivity index (χ3v) is 5.72. The van der Waals surface area contributed by atoms with Crippen LogP contribution in [0.25, 0.3) is 11.1 Å². The molecular formula is C16H19N3O4S. The first-order valence-corrected chi connectivity index (χ1v) is 9.34. The fourth-order valence-electron chi connectivity index (χ4n) is 2.96. The summed E-state index contributed by atoms with van der Waals surface area (Å²) in [4.78, 5) is 11.3. The van der Waals surface area contributed by atoms with E-state index in [1.54, 1.807) is 6.20 Å². The van der Waals surface area contributed by atoms with E-state index < -0.39 is 16.0 Å². The maximum Gasteiger partial charge on any atom is 0.335 e. The Morgan fingerprint density at radius 2 is 1.92 bits per heavy atom. The van der Waals surface area contributed by atoms with Gasteiger partial charge in [-0.2, -0.15) is 5.10 Å². The lowest BCUT2D eigenvalue weighted by molar-refractivity contribution is 0.0696. The average Bonchev–Trinajstić information content (AvgIpc) is 3.09. The van der Waals surface area contributed by atoms with Gasteiger partial charge in [0.15, 0.2) is 0 Å². The lowest BCUT2D eigenvalue weighted by Crippen LogP contribution is -2.36. The molecule has 8 heteroatoms. The van der Waals surface area contributed by atoms with Crippen molar-refractivity contribution in [2.24, 2.45) is 0 Å². The number of hydrogen-bond donors (Lipinski definition) is 3. The van der Waals surface area contributed by atoms with E-state index >= 15 is 0 Å². The molecule has 0 bridgehead atoms. The molecule has 1 heterocycles. The molecule has 7 nitrogen and oxygen atoms in total. The van der Waals surface area contributed by atoms with E-state index in [1.807, 2.05) is 0 Å². The van der Waals surface area contributed by atoms with E-state index in [0.717, 1.165) is 32.1 Å². The van der Waals surface area contributed by atoms with Crippen LogP contribution in [0.2, 0.25) is 0 Å². The van der Waals surface area contributed by atoms with E-state index in [4.69, 9.17) is 0 Å². The number of H-pyrrole nitrogens is 1. The predicted molar refractivity (Wildman–Crippen MR) is 88.2 cm³/mol. The summed E-state index contributed by atoms with van der Waals surface area (Å²) in [6.45, 7) is 0. The van der Waals surface area contributed by atoms with Gasteiger partial charge in [0.1, 0.15) is 0 Å². The van der Waals surface area contributed by atoms with Crippen LogP contribution in [0.15, 0.2) is 35.5 Å². The first-order valence-electron chi connectivity index (χ1n) is 7.85. The summed E-state index contributed by atoms with van der Waals surface area (Å²) in [6.07, 6.45) is 7.86. The molecule has 0 spiro atoms. The highest BCUT2D eigenvalue weighted by Gasteiger charge is 2.23. The first kappa shape index (κ1) is 16.7. The molecule has 0 unspecified atom stereocenters. The SMILES string of the molecule is O=C(O)c1cc(-c2cn[nH]c2)cc(S(=O)(=O)NC2CCCCC2)c1. The number of carbonyl (C=O) groups is 1. The monoisotopic (exact) mass is 349 g/mol. The second-order valence-electron chi connectivity index (χ2n) is 5.99. The summed E-state index contributed by atoms with van der Waals surface area (Å²) in [6, 6.07) is 4.02. The van der Waals surface area contributed by atoms with E-state index in [0.29, 0.717) is 11.1 Å². The van der Waals surface area contributed by atoms with Crippen LogP contribution in [-0.4, -0.2) is 35.7 Å². The molecular weight excluding hydrogens is 330 g/mol. The van der Waals surface area contributed by atoms with Crippen LogP contribution in [-0.2, 0) is 10.0 Å². The predicted octanol–water partition coefficient (Wildman–Crippen LogP) is 2.39. The van der Waals surface area contributed by atoms with Crippen molar-refractivity contribution in [1.29, 1.82) is 0 Å². The van der Waals surface area contributed by atoms with Crippen molar-refractivity contribution < 1.29 is 18.3 Å². The van der Waals surface area contributed by atoms with Crippen molar-refractivity contribution >= 4 is 16.0 Å². The maximum absolute atomic E-state index is 12.7. The number of aromatic amines is 1. The molecule has 1 aliphatic carbocycles. The zero-order valence-corrected chi connectivity index (χ0v) is 13.8. The molecule has 3 rings (SSSR count). The minimum Gasteiger partial charge on any atom is -0.478 e. The number of nitrogens with one attached hydrogen (secondary N) is 2. The normalized spacial score (nSPS) is 16.2. The molecule has 0 saturated heterocycles. The van der Waals surface area contributed by atoms with Gasteiger partial charge >= 0.3 is 5.97 Å². The number of benzene rings is 1. The molecule has 1 saturated carbocycles. The lowest BCUT2D eigenvalue weighted by Gasteiger charge is -2.22. The summed E-state index contributed by atoms with van der Waals surface area (Å²) in [5, 5.41) is 15.7. The van der Waals surface area contributed by atoms with Crippen molar-refractivity contribution in [2.45, 2.75) is 43.0 Å². The Kier molecular flexibility index (Phi) is 4.68. The summed E-state index contributed by atoms with van der Waals surface area (Å²) < 4.78 is 28.0. The maximum atomic E-state index is 12.7. The molecule has 128 valence electrons. The Morgan fingerprint density at radius 1 is 1.17 bits per heavy atom. The van der Waals surface area contributed by atoms with E-state index in [2.05, 4.69) is 14.9 Å². The van der Waals surface area contributed by atoms with Crippen LogP contribution in [0, 0.1) is 0 Å². The Morgan fingerprint density at radius 3 is 2.54 bits per heavy atom. The second kappa shape index (κ2) is 6.74. The number of hydrogen-bond acceptors (Lipinski definition) is 4. The Balaban J connectivity index is 1.97. The molecule has 0 radical (unpaired) electrons. The average molecular weight is 349 g/mol. The van der Waals surface area contributed by atoms with Crippen molar-refractivity contribution in [3.05, 3.63) is 36.2 Å². The van der Waals surface area contributed by atoms with Crippen LogP contribution >= 0.6 is 0 Å². The first-order chi connectivity index (χ1) is 11.5. The quantitative estimate of drug-likeness (QED) is 0.767. The topological polar surface area (TPSA) is 112 Å². The molecule has 3 N–H and O–H groups in total. The number of carboxylic acids is 1. The third kappa shape index (κ3) is 3.65. The highest BCUT2D eigenvalue weighted by molar-refractivity contribution is 7.89. The van der Waals surface area contributed by atoms with Crippen molar-refractivity contribution in [3.63, 3.8) is 0 Å². The largest absolute Gasteiger partial charge is 0.478 e. The zero-order chi connectivity index (χ0) is 17.2. The smallest absolute Gasteiger partial charge is 0.335 e. The van der Waals surface area contributed by atoms with Gasteiger partial charge in [-0.05, 0) is 36.6 Å². The van der Waals surface area contributed by atoms with E-state index in [-0.39, 0.29) is 16.5 Å². The number of sulfonamides is 1. The number of aromatic carboxylic acids is 1. The van der Waals surface area contributed by atoms with Crippen LogP contribution in [0.3, 0.4) is 0 Å². The Bertz CT molecular complexity index is 825. The van der Waals surface area contributed by atoms with Crippen molar-refractivity contribution in [1.82, 2.24) is 14.9 Å². The van der Waals surface area contributed by atoms with E-state index in [1.165, 1.54) is 24.4 Å². The zero-order valence-electron chi connectivity index (χ0n) is 13.0. The van der Waals surface area contributed by atoms with Crippen molar-refractivity contribution in [2.75, 3.05) is 0 Å². The second-order valence-corrected chi connectivity index (χ2v) is 7.71. The summed E-state index contributed by atoms with van der Waals surface area (Å²) in [5.74, 6) is -1.17. The van der Waals surface area contributed by atoms with E-state index in [9.17, 15) is 18.3 Å². The number of aromatic nitrogens is 2. The van der Waals surface area contributed by atoms with Gasteiger partial charge in [-0.15, -0.1) is 0 Å². The van der Waals surface area contributed by atoms with Gasteiger partial charge in [0, 0.05) is 17.8 Å². The van der Waals surface area contributed by atoms with Gasteiger partial charge in [-0.1, -0.05) is 19.3 Å². The minimum atomic E-state index is -3.77. The summed E-state index contributed by atoms with van der Waals surface area (Å²) in [7, 11) is -3.77. The third-order valence-electron chi connectivity index (χ3n) is 4.22. The molecule has 2 aromatic rings. The van der Waals surface area contributed by atoms with Gasteiger partial charge in [-0.25, -0.2) is 17.9 Å². The lowest BCUT2D eigenvalue weighted by atomic mass is 9.96. The van der Waals surface area contributed by atoms with Crippen LogP contribution in [0.1, 0.15) is 42.5 Å². The van der Waals surface area contributed by atoms with Gasteiger partial charge < -0.3 is 5.11 Å². The minimum absolute atomic E-state index is 0.0378. The van der Waals surface area contributed by atoms with Crippen LogP contribution in [0.4, 0.5) is 0 Å². The van der Waals surface area contributed by atoms with Gasteiger partial charge in [0.25, 0.3) is 0 Å². The Labute approximate surface area is 140 Å². The van der Waals surface area contributed by atoms with Crippen molar-refractivity contribution in [3.8, 4) is 11.1 Å². The van der Waals surface area contributed by atoms with Crippen LogP contribution < -0.4 is 4.72 Å². The fraction of sp³-hybridized carbons (Fsp3) is 0.375. The highest BCUT2D eigenvalue weighted by Crippen LogP contribution is 2.25. The molecule has 1 aromatic heterocycles. The van der Waals surface area contributed by atoms with Gasteiger partial charge in [0.05, 0.1) is 16.7 Å². The molecule has 1 fully saturated rings. The molecule has 0 aliphatic heterocycles. The van der Waals surface area contributed by atoms with Crippen LogP contribution in [0.5, 0.6) is 0 Å². The summed E-state index contributed by atoms with van der Waals surface area (Å²) in [5.41, 5.74) is 1.05. The number of carboxylic acid groups (broad SMARTS) is 1. The Hall–Kier alpha value is -2.19. The molecule has 1 aliphatic rings. The van der Waals surface area contributed by atoms with Gasteiger partial charge in [-0.3, -0.25) is 5.10 Å². The molecule has 1 aromatic carbocycles. The molecule has 0 amide bonds.